The van der Waals surface area contributed by atoms with Crippen molar-refractivity contribution >= 4 is 11.9 Å². The number of nitrogens with zero attached hydrogens (tertiary/aromatic N) is 4. The van der Waals surface area contributed by atoms with Crippen LogP contribution in [-0.4, -0.2) is 47.4 Å². The Hall–Kier alpha value is -3.41. The Labute approximate surface area is 158 Å². The molecule has 0 atom stereocenters. The largest absolute Gasteiger partial charge is 0.415 e. The zero-order valence-electron chi connectivity index (χ0n) is 14.9. The zero-order chi connectivity index (χ0) is 18.5. The minimum Gasteiger partial charge on any atom is -0.410 e. The van der Waals surface area contributed by atoms with Gasteiger partial charge in [-0.2, -0.15) is 0 Å². The maximum absolute atomic E-state index is 12.3. The van der Waals surface area contributed by atoms with Crippen LogP contribution in [0, 0.1) is 0 Å². The van der Waals surface area contributed by atoms with E-state index in [2.05, 4.69) is 15.1 Å². The summed E-state index contributed by atoms with van der Waals surface area (Å²) in [6.07, 6.45) is -0.314. The summed E-state index contributed by atoms with van der Waals surface area (Å²) < 4.78 is 5.40. The van der Waals surface area contributed by atoms with Gasteiger partial charge in [0.15, 0.2) is 5.82 Å². The van der Waals surface area contributed by atoms with E-state index in [0.717, 1.165) is 17.1 Å². The Kier molecular flexibility index (Phi) is 4.96. The number of anilines is 1. The summed E-state index contributed by atoms with van der Waals surface area (Å²) in [4.78, 5) is 16.1. The van der Waals surface area contributed by atoms with E-state index in [0.29, 0.717) is 31.9 Å². The third-order valence-electron chi connectivity index (χ3n) is 4.53. The van der Waals surface area contributed by atoms with Gasteiger partial charge in [0.25, 0.3) is 0 Å². The molecule has 0 spiro atoms. The summed E-state index contributed by atoms with van der Waals surface area (Å²) in [5.41, 5.74) is 1.90. The number of para-hydroxylation sites is 1. The van der Waals surface area contributed by atoms with Gasteiger partial charge < -0.3 is 14.5 Å². The summed E-state index contributed by atoms with van der Waals surface area (Å²) in [6, 6.07) is 23.1. The van der Waals surface area contributed by atoms with E-state index in [9.17, 15) is 4.79 Å². The van der Waals surface area contributed by atoms with E-state index in [-0.39, 0.29) is 6.09 Å². The molecule has 27 heavy (non-hydrogen) atoms. The fourth-order valence-corrected chi connectivity index (χ4v) is 3.03. The van der Waals surface area contributed by atoms with E-state index >= 15 is 0 Å². The lowest BCUT2D eigenvalue weighted by Crippen LogP contribution is -2.49. The van der Waals surface area contributed by atoms with Crippen LogP contribution in [0.5, 0.6) is 5.75 Å². The van der Waals surface area contributed by atoms with Crippen molar-refractivity contribution in [2.24, 2.45) is 0 Å². The van der Waals surface area contributed by atoms with E-state index in [4.69, 9.17) is 4.74 Å². The number of aromatic nitrogens is 2. The highest BCUT2D eigenvalue weighted by molar-refractivity contribution is 5.71. The molecule has 136 valence electrons. The molecule has 1 amide bonds. The maximum atomic E-state index is 12.3. The Balaban J connectivity index is 1.34. The minimum atomic E-state index is -0.314. The van der Waals surface area contributed by atoms with Gasteiger partial charge in [-0.15, -0.1) is 10.2 Å². The van der Waals surface area contributed by atoms with Crippen molar-refractivity contribution in [3.05, 3.63) is 72.8 Å². The lowest BCUT2D eigenvalue weighted by atomic mass is 10.1. The van der Waals surface area contributed by atoms with Gasteiger partial charge >= 0.3 is 6.09 Å². The molecule has 4 rings (SSSR count). The molecule has 1 saturated heterocycles. The van der Waals surface area contributed by atoms with Crippen LogP contribution < -0.4 is 9.64 Å². The number of hydrogen-bond donors (Lipinski definition) is 0. The van der Waals surface area contributed by atoms with Crippen molar-refractivity contribution < 1.29 is 9.53 Å². The van der Waals surface area contributed by atoms with Gasteiger partial charge in [-0.25, -0.2) is 4.79 Å². The minimum absolute atomic E-state index is 0.314. The molecule has 3 aromatic rings. The summed E-state index contributed by atoms with van der Waals surface area (Å²) in [5, 5.41) is 8.69. The van der Waals surface area contributed by atoms with Crippen LogP contribution in [0.3, 0.4) is 0 Å². The summed E-state index contributed by atoms with van der Waals surface area (Å²) in [5.74, 6) is 1.39. The fourth-order valence-electron chi connectivity index (χ4n) is 3.03. The summed E-state index contributed by atoms with van der Waals surface area (Å²) in [6.45, 7) is 2.58. The van der Waals surface area contributed by atoms with Gasteiger partial charge in [0, 0.05) is 31.7 Å². The Morgan fingerprint density at radius 2 is 1.44 bits per heavy atom. The Morgan fingerprint density at radius 1 is 0.778 bits per heavy atom. The van der Waals surface area contributed by atoms with Crippen molar-refractivity contribution in [1.29, 1.82) is 0 Å². The fraction of sp³-hybridized carbons (Fsp3) is 0.190. The van der Waals surface area contributed by atoms with Crippen LogP contribution in [-0.2, 0) is 0 Å². The van der Waals surface area contributed by atoms with Crippen LogP contribution in [0.1, 0.15) is 0 Å². The highest BCUT2D eigenvalue weighted by atomic mass is 16.6. The van der Waals surface area contributed by atoms with E-state index in [1.165, 1.54) is 0 Å². The van der Waals surface area contributed by atoms with Gasteiger partial charge in [0.2, 0.25) is 0 Å². The molecule has 0 radical (unpaired) electrons. The van der Waals surface area contributed by atoms with Gasteiger partial charge in [0.05, 0.1) is 5.69 Å². The number of benzene rings is 2. The third-order valence-corrected chi connectivity index (χ3v) is 4.53. The molecule has 0 saturated carbocycles. The van der Waals surface area contributed by atoms with Crippen molar-refractivity contribution in [1.82, 2.24) is 15.1 Å². The van der Waals surface area contributed by atoms with Crippen molar-refractivity contribution in [3.8, 4) is 17.0 Å². The van der Waals surface area contributed by atoms with E-state index in [1.54, 1.807) is 17.0 Å². The van der Waals surface area contributed by atoms with E-state index in [1.807, 2.05) is 60.7 Å². The second kappa shape index (κ2) is 7.86. The molecule has 0 N–H and O–H groups in total. The van der Waals surface area contributed by atoms with Crippen LogP contribution >= 0.6 is 0 Å². The number of piperazine rings is 1. The molecule has 1 fully saturated rings. The quantitative estimate of drug-likeness (QED) is 0.716. The number of rotatable bonds is 3. The molecule has 1 aliphatic rings. The average Bonchev–Trinajstić information content (AvgIpc) is 2.75. The smallest absolute Gasteiger partial charge is 0.410 e. The highest BCUT2D eigenvalue weighted by Gasteiger charge is 2.23. The van der Waals surface area contributed by atoms with Crippen LogP contribution in [0.25, 0.3) is 11.3 Å². The number of amides is 1. The normalized spacial score (nSPS) is 14.1. The molecule has 1 aliphatic heterocycles. The molecule has 2 heterocycles. The second-order valence-electron chi connectivity index (χ2n) is 6.30. The van der Waals surface area contributed by atoms with Gasteiger partial charge in [0.1, 0.15) is 5.75 Å². The molecule has 0 bridgehead atoms. The lowest BCUT2D eigenvalue weighted by molar-refractivity contribution is 0.149. The summed E-state index contributed by atoms with van der Waals surface area (Å²) >= 11 is 0. The molecule has 1 aromatic heterocycles. The first-order chi connectivity index (χ1) is 13.3. The second-order valence-corrected chi connectivity index (χ2v) is 6.30. The number of carbonyl (C=O) groups is 1. The zero-order valence-corrected chi connectivity index (χ0v) is 14.9. The lowest BCUT2D eigenvalue weighted by Gasteiger charge is -2.34. The first-order valence-corrected chi connectivity index (χ1v) is 8.95. The van der Waals surface area contributed by atoms with Gasteiger partial charge in [-0.3, -0.25) is 0 Å². The van der Waals surface area contributed by atoms with Crippen LogP contribution in [0.2, 0.25) is 0 Å². The predicted octanol–water partition coefficient (Wildman–Crippen LogP) is 3.46. The van der Waals surface area contributed by atoms with Crippen molar-refractivity contribution in [2.75, 3.05) is 31.1 Å². The average molecular weight is 360 g/mol. The van der Waals surface area contributed by atoms with Crippen molar-refractivity contribution in [2.45, 2.75) is 0 Å². The monoisotopic (exact) mass is 360 g/mol. The molecule has 6 nitrogen and oxygen atoms in total. The predicted molar refractivity (Wildman–Crippen MR) is 104 cm³/mol. The molecule has 0 unspecified atom stereocenters. The standard InChI is InChI=1S/C21H20N4O2/c26-21(27-18-9-5-2-6-10-18)25-15-13-24(14-16-25)20-12-11-19(22-23-20)17-7-3-1-4-8-17/h1-12H,13-16H2. The molecular weight excluding hydrogens is 340 g/mol. The molecular formula is C21H20N4O2. The maximum Gasteiger partial charge on any atom is 0.415 e. The van der Waals surface area contributed by atoms with E-state index < -0.39 is 0 Å². The van der Waals surface area contributed by atoms with Crippen molar-refractivity contribution in [3.63, 3.8) is 0 Å². The van der Waals surface area contributed by atoms with Crippen LogP contribution in [0.4, 0.5) is 10.6 Å². The van der Waals surface area contributed by atoms with Gasteiger partial charge in [-0.05, 0) is 24.3 Å². The topological polar surface area (TPSA) is 58.6 Å². The molecule has 2 aromatic carbocycles. The SMILES string of the molecule is O=C(Oc1ccccc1)N1CCN(c2ccc(-c3ccccc3)nn2)CC1. The first kappa shape index (κ1) is 17.0. The Bertz CT molecular complexity index is 877. The number of ether oxygens (including phenoxy) is 1. The summed E-state index contributed by atoms with van der Waals surface area (Å²) in [7, 11) is 0. The highest BCUT2D eigenvalue weighted by Crippen LogP contribution is 2.19. The first-order valence-electron chi connectivity index (χ1n) is 8.95. The number of hydrogen-bond acceptors (Lipinski definition) is 5. The van der Waals surface area contributed by atoms with Gasteiger partial charge in [-0.1, -0.05) is 48.5 Å². The third kappa shape index (κ3) is 4.06. The van der Waals surface area contributed by atoms with Crippen LogP contribution in [0.15, 0.2) is 72.8 Å². The Morgan fingerprint density at radius 3 is 2.07 bits per heavy atom. The number of carbonyl (C=O) groups excluding carboxylic acids is 1. The molecule has 6 heteroatoms. The molecule has 0 aliphatic carbocycles.